The summed E-state index contributed by atoms with van der Waals surface area (Å²) in [6, 6.07) is 10.3. The van der Waals surface area contributed by atoms with Gasteiger partial charge < -0.3 is 10.3 Å². The lowest BCUT2D eigenvalue weighted by molar-refractivity contribution is 0.618. The minimum atomic E-state index is -0.176. The van der Waals surface area contributed by atoms with E-state index in [-0.39, 0.29) is 6.04 Å². The van der Waals surface area contributed by atoms with E-state index >= 15 is 0 Å². The molecule has 31 heavy (non-hydrogen) atoms. The number of benzene rings is 1. The standard InChI is InChI=1S/C28H39N3/c1-7-9-11-14-22(5)23(6)20-26(29)28-27(30-18-8-2)25(21(3)4)17-19-31(28)24-15-12-10-13-16-24/h9-16,18,20-21,28-29H,7-8,17,19H2,1-6H3/b11-9-,22-14-,23-20+,29-26?,30-18?. The number of para-hydroxylation sites is 1. The van der Waals surface area contributed by atoms with Gasteiger partial charge in [0.2, 0.25) is 0 Å². The topological polar surface area (TPSA) is 39.5 Å². The van der Waals surface area contributed by atoms with Gasteiger partial charge in [-0.3, -0.25) is 4.99 Å². The SMILES string of the molecule is CCC=NC1=C(C(C)C)CCN(c2ccccc2)C1C(=N)/C=C(C)/C(C)=C\C=C/CC. The molecule has 1 heterocycles. The Morgan fingerprint density at radius 1 is 1.13 bits per heavy atom. The molecule has 0 bridgehead atoms. The largest absolute Gasteiger partial charge is 0.357 e. The van der Waals surface area contributed by atoms with Crippen molar-refractivity contribution in [1.29, 1.82) is 5.41 Å². The second-order valence-corrected chi connectivity index (χ2v) is 8.44. The van der Waals surface area contributed by atoms with Crippen LogP contribution >= 0.6 is 0 Å². The number of nitrogens with zero attached hydrogens (tertiary/aromatic N) is 2. The average molecular weight is 418 g/mol. The van der Waals surface area contributed by atoms with E-state index in [0.29, 0.717) is 11.6 Å². The second-order valence-electron chi connectivity index (χ2n) is 8.44. The van der Waals surface area contributed by atoms with Crippen molar-refractivity contribution in [3.63, 3.8) is 0 Å². The van der Waals surface area contributed by atoms with Crippen LogP contribution in [0.2, 0.25) is 0 Å². The van der Waals surface area contributed by atoms with E-state index in [2.05, 4.69) is 88.9 Å². The molecule has 3 nitrogen and oxygen atoms in total. The number of anilines is 1. The van der Waals surface area contributed by atoms with Gasteiger partial charge in [0.15, 0.2) is 0 Å². The minimum Gasteiger partial charge on any atom is -0.357 e. The van der Waals surface area contributed by atoms with E-state index in [1.54, 1.807) is 0 Å². The van der Waals surface area contributed by atoms with E-state index in [0.717, 1.165) is 42.8 Å². The molecule has 3 heteroatoms. The van der Waals surface area contributed by atoms with Crippen LogP contribution in [0.3, 0.4) is 0 Å². The van der Waals surface area contributed by atoms with Crippen molar-refractivity contribution in [2.24, 2.45) is 10.9 Å². The quantitative estimate of drug-likeness (QED) is 0.327. The summed E-state index contributed by atoms with van der Waals surface area (Å²) in [4.78, 5) is 7.26. The summed E-state index contributed by atoms with van der Waals surface area (Å²) in [5.41, 5.74) is 6.46. The zero-order chi connectivity index (χ0) is 22.8. The van der Waals surface area contributed by atoms with Gasteiger partial charge in [-0.2, -0.15) is 0 Å². The Balaban J connectivity index is 2.54. The van der Waals surface area contributed by atoms with Crippen LogP contribution in [-0.4, -0.2) is 24.5 Å². The normalized spacial score (nSPS) is 18.7. The maximum Gasteiger partial charge on any atom is 0.113 e. The predicted octanol–water partition coefficient (Wildman–Crippen LogP) is 7.53. The third-order valence-electron chi connectivity index (χ3n) is 5.73. The maximum atomic E-state index is 9.13. The highest BCUT2D eigenvalue weighted by Gasteiger charge is 2.33. The Kier molecular flexibility index (Phi) is 9.71. The molecule has 0 aromatic heterocycles. The van der Waals surface area contributed by atoms with Crippen LogP contribution in [0.1, 0.15) is 60.8 Å². The molecule has 1 aromatic carbocycles. The smallest absolute Gasteiger partial charge is 0.113 e. The Morgan fingerprint density at radius 3 is 2.45 bits per heavy atom. The van der Waals surface area contributed by atoms with Gasteiger partial charge in [0.05, 0.1) is 11.4 Å². The zero-order valence-electron chi connectivity index (χ0n) is 20.2. The number of aliphatic imine (C=N–C) groups is 1. The van der Waals surface area contributed by atoms with Crippen molar-refractivity contribution in [3.05, 3.63) is 77.1 Å². The fraction of sp³-hybridized carbons (Fsp3) is 0.429. The van der Waals surface area contributed by atoms with Gasteiger partial charge in [-0.1, -0.05) is 64.1 Å². The Hall–Kier alpha value is -2.68. The maximum absolute atomic E-state index is 9.13. The van der Waals surface area contributed by atoms with Gasteiger partial charge in [-0.15, -0.1) is 0 Å². The van der Waals surface area contributed by atoms with E-state index in [1.165, 1.54) is 11.1 Å². The van der Waals surface area contributed by atoms with Gasteiger partial charge >= 0.3 is 0 Å². The molecule has 166 valence electrons. The van der Waals surface area contributed by atoms with Crippen LogP contribution in [-0.2, 0) is 0 Å². The third-order valence-corrected chi connectivity index (χ3v) is 5.73. The summed E-state index contributed by atoms with van der Waals surface area (Å²) in [5.74, 6) is 0.420. The van der Waals surface area contributed by atoms with Crippen molar-refractivity contribution in [2.45, 2.75) is 66.8 Å². The molecule has 0 saturated heterocycles. The van der Waals surface area contributed by atoms with Crippen molar-refractivity contribution < 1.29 is 0 Å². The number of hydrogen-bond acceptors (Lipinski definition) is 3. The molecule has 2 rings (SSSR count). The van der Waals surface area contributed by atoms with E-state index in [1.807, 2.05) is 18.4 Å². The molecule has 1 N–H and O–H groups in total. The first-order valence-electron chi connectivity index (χ1n) is 11.6. The molecule has 1 aliphatic heterocycles. The van der Waals surface area contributed by atoms with Gasteiger partial charge in [0.1, 0.15) is 6.04 Å². The lowest BCUT2D eigenvalue weighted by atomic mass is 9.87. The summed E-state index contributed by atoms with van der Waals surface area (Å²) in [7, 11) is 0. The highest BCUT2D eigenvalue weighted by atomic mass is 15.2. The van der Waals surface area contributed by atoms with Gasteiger partial charge in [0, 0.05) is 18.4 Å². The molecule has 1 aliphatic rings. The third kappa shape index (κ3) is 6.65. The molecule has 0 aliphatic carbocycles. The predicted molar refractivity (Wildman–Crippen MR) is 138 cm³/mol. The Morgan fingerprint density at radius 2 is 1.84 bits per heavy atom. The molecular formula is C28H39N3. The number of rotatable bonds is 9. The molecule has 0 radical (unpaired) electrons. The van der Waals surface area contributed by atoms with Crippen LogP contribution < -0.4 is 4.90 Å². The molecule has 0 amide bonds. The Bertz CT molecular complexity index is 882. The zero-order valence-corrected chi connectivity index (χ0v) is 20.2. The summed E-state index contributed by atoms with van der Waals surface area (Å²) < 4.78 is 0. The summed E-state index contributed by atoms with van der Waals surface area (Å²) in [6.45, 7) is 13.8. The first kappa shape index (κ1) is 24.6. The monoisotopic (exact) mass is 417 g/mol. The van der Waals surface area contributed by atoms with Crippen molar-refractivity contribution in [1.82, 2.24) is 0 Å². The highest BCUT2D eigenvalue weighted by molar-refractivity contribution is 6.02. The fourth-order valence-corrected chi connectivity index (χ4v) is 3.87. The molecule has 0 spiro atoms. The lowest BCUT2D eigenvalue weighted by Crippen LogP contribution is -2.46. The first-order chi connectivity index (χ1) is 14.9. The van der Waals surface area contributed by atoms with E-state index in [4.69, 9.17) is 10.4 Å². The van der Waals surface area contributed by atoms with Crippen LogP contribution in [0.25, 0.3) is 0 Å². The number of hydrogen-bond donors (Lipinski definition) is 1. The molecule has 0 fully saturated rings. The first-order valence-corrected chi connectivity index (χ1v) is 11.6. The van der Waals surface area contributed by atoms with Crippen molar-refractivity contribution in [3.8, 4) is 0 Å². The summed E-state index contributed by atoms with van der Waals surface area (Å²) in [5, 5.41) is 9.13. The van der Waals surface area contributed by atoms with E-state index < -0.39 is 0 Å². The molecule has 1 aromatic rings. The van der Waals surface area contributed by atoms with Crippen LogP contribution in [0.15, 0.2) is 82.0 Å². The molecule has 1 atom stereocenters. The van der Waals surface area contributed by atoms with Gasteiger partial charge in [0.25, 0.3) is 0 Å². The minimum absolute atomic E-state index is 0.176. The van der Waals surface area contributed by atoms with Crippen molar-refractivity contribution >= 4 is 17.6 Å². The van der Waals surface area contributed by atoms with Crippen LogP contribution in [0.5, 0.6) is 0 Å². The second kappa shape index (κ2) is 12.2. The fourth-order valence-electron chi connectivity index (χ4n) is 3.87. The summed E-state index contributed by atoms with van der Waals surface area (Å²) >= 11 is 0. The highest BCUT2D eigenvalue weighted by Crippen LogP contribution is 2.34. The van der Waals surface area contributed by atoms with Crippen LogP contribution in [0.4, 0.5) is 5.69 Å². The van der Waals surface area contributed by atoms with E-state index in [9.17, 15) is 0 Å². The molecule has 0 saturated carbocycles. The van der Waals surface area contributed by atoms with Gasteiger partial charge in [-0.25, -0.2) is 0 Å². The van der Waals surface area contributed by atoms with Gasteiger partial charge in [-0.05, 0) is 74.0 Å². The molecular weight excluding hydrogens is 378 g/mol. The average Bonchev–Trinajstić information content (AvgIpc) is 2.77. The van der Waals surface area contributed by atoms with Crippen LogP contribution in [0, 0.1) is 11.3 Å². The molecule has 1 unspecified atom stereocenters. The summed E-state index contributed by atoms with van der Waals surface area (Å²) in [6.07, 6.45) is 13.3. The number of nitrogens with one attached hydrogen (secondary N) is 1. The lowest BCUT2D eigenvalue weighted by Gasteiger charge is -2.40. The number of allylic oxidation sites excluding steroid dienone is 5. The van der Waals surface area contributed by atoms with Crippen molar-refractivity contribution in [2.75, 3.05) is 11.4 Å². The Labute approximate surface area is 189 Å².